The third-order valence-corrected chi connectivity index (χ3v) is 14.1. The molecule has 1 aliphatic carbocycles. The summed E-state index contributed by atoms with van der Waals surface area (Å²) in [4.78, 5) is 0.235. The molecule has 0 amide bonds. The number of nitrogens with zero attached hydrogens (tertiary/aromatic N) is 1. The second-order valence-corrected chi connectivity index (χ2v) is 21.7. The molecule has 5 rings (SSSR count). The molecule has 1 aliphatic rings. The molecule has 1 saturated carbocycles. The van der Waals surface area contributed by atoms with Crippen LogP contribution in [0.1, 0.15) is 60.1 Å². The number of sulfonamides is 1. The third kappa shape index (κ3) is 6.41. The van der Waals surface area contributed by atoms with Crippen LogP contribution in [0.25, 0.3) is 0 Å². The minimum absolute atomic E-state index is 0.0909. The molecule has 44 heavy (non-hydrogen) atoms. The molecule has 0 heterocycles. The van der Waals surface area contributed by atoms with E-state index in [9.17, 15) is 8.42 Å². The first kappa shape index (κ1) is 32.1. The fourth-order valence-electron chi connectivity index (χ4n) is 7.52. The molecule has 230 valence electrons. The van der Waals surface area contributed by atoms with Crippen molar-refractivity contribution < 1.29 is 8.42 Å². The van der Waals surface area contributed by atoms with Gasteiger partial charge >= 0.3 is 0 Å². The minimum Gasteiger partial charge on any atom is -0.199 e. The Kier molecular flexibility index (Phi) is 8.69. The second kappa shape index (κ2) is 11.9. The highest BCUT2D eigenvalue weighted by molar-refractivity contribution is 7.90. The number of rotatable bonds is 7. The van der Waals surface area contributed by atoms with Gasteiger partial charge in [-0.2, -0.15) is 12.8 Å². The van der Waals surface area contributed by atoms with Crippen LogP contribution in [-0.2, 0) is 20.9 Å². The summed E-state index contributed by atoms with van der Waals surface area (Å²) in [5, 5.41) is 0. The van der Waals surface area contributed by atoms with Crippen molar-refractivity contribution >= 4 is 23.8 Å². The van der Waals surface area contributed by atoms with Crippen LogP contribution in [0.15, 0.2) is 112 Å². The molecular weight excluding hydrogens is 575 g/mol. The summed E-state index contributed by atoms with van der Waals surface area (Å²) in [6, 6.07) is 35.1. The molecular formula is C39H47NO2SSi. The Labute approximate surface area is 266 Å². The van der Waals surface area contributed by atoms with Gasteiger partial charge < -0.3 is 0 Å². The standard InChI is InChI=1S/C39H47NO2SSi/c1-28-14-20-32(21-15-28)38(4)26-35(44(6,7)8)36(39(5,27-38)33-22-16-29(2)17-23-33)37(31-12-10-9-11-13-31)40-43(41,42)34-24-18-30(3)19-25-34/h9-25,35-36H,26-27H2,1-8H3/b40-37+/t35-,36-,38+,39+/m0/s1. The molecule has 0 bridgehead atoms. The quantitative estimate of drug-likeness (QED) is 0.152. The zero-order valence-corrected chi connectivity index (χ0v) is 29.4. The van der Waals surface area contributed by atoms with E-state index in [1.165, 1.54) is 22.3 Å². The zero-order valence-electron chi connectivity index (χ0n) is 27.6. The molecule has 0 unspecified atom stereocenters. The van der Waals surface area contributed by atoms with Gasteiger partial charge in [-0.15, -0.1) is 0 Å². The first-order chi connectivity index (χ1) is 20.6. The fourth-order valence-corrected chi connectivity index (χ4v) is 11.2. The third-order valence-electron chi connectivity index (χ3n) is 9.99. The van der Waals surface area contributed by atoms with Crippen molar-refractivity contribution in [3.05, 3.63) is 137 Å². The van der Waals surface area contributed by atoms with E-state index in [1.54, 1.807) is 12.1 Å². The fraction of sp³-hybridized carbons (Fsp3) is 0.359. The maximum atomic E-state index is 14.1. The van der Waals surface area contributed by atoms with Gasteiger partial charge in [0.05, 0.1) is 10.6 Å². The normalized spacial score (nSPS) is 24.7. The Balaban J connectivity index is 1.81. The topological polar surface area (TPSA) is 46.5 Å². The van der Waals surface area contributed by atoms with E-state index in [1.807, 2.05) is 49.4 Å². The van der Waals surface area contributed by atoms with E-state index in [0.29, 0.717) is 5.71 Å². The molecule has 0 spiro atoms. The first-order valence-electron chi connectivity index (χ1n) is 15.7. The Morgan fingerprint density at radius 1 is 0.705 bits per heavy atom. The minimum atomic E-state index is -3.96. The molecule has 3 nitrogen and oxygen atoms in total. The summed E-state index contributed by atoms with van der Waals surface area (Å²) in [7, 11) is -5.88. The van der Waals surface area contributed by atoms with Crippen molar-refractivity contribution in [2.45, 2.75) is 88.4 Å². The van der Waals surface area contributed by atoms with Gasteiger partial charge in [0, 0.05) is 19.4 Å². The van der Waals surface area contributed by atoms with Crippen molar-refractivity contribution in [3.63, 3.8) is 0 Å². The van der Waals surface area contributed by atoms with Crippen LogP contribution in [-0.4, -0.2) is 22.2 Å². The maximum absolute atomic E-state index is 14.1. The van der Waals surface area contributed by atoms with Gasteiger partial charge in [-0.1, -0.05) is 141 Å². The predicted octanol–water partition coefficient (Wildman–Crippen LogP) is 9.82. The molecule has 0 aliphatic heterocycles. The lowest BCUT2D eigenvalue weighted by Crippen LogP contribution is -2.55. The van der Waals surface area contributed by atoms with Crippen LogP contribution < -0.4 is 0 Å². The summed E-state index contributed by atoms with van der Waals surface area (Å²) < 4.78 is 33.1. The van der Waals surface area contributed by atoms with E-state index in [-0.39, 0.29) is 27.2 Å². The van der Waals surface area contributed by atoms with Gasteiger partial charge in [-0.25, -0.2) is 0 Å². The van der Waals surface area contributed by atoms with Gasteiger partial charge in [0.2, 0.25) is 0 Å². The van der Waals surface area contributed by atoms with Gasteiger partial charge in [-0.3, -0.25) is 0 Å². The van der Waals surface area contributed by atoms with Gasteiger partial charge in [-0.05, 0) is 73.4 Å². The van der Waals surface area contributed by atoms with E-state index < -0.39 is 18.1 Å². The number of hydrogen-bond donors (Lipinski definition) is 0. The zero-order chi connectivity index (χ0) is 31.9. The average Bonchev–Trinajstić information content (AvgIpc) is 2.97. The Morgan fingerprint density at radius 3 is 1.68 bits per heavy atom. The lowest BCUT2D eigenvalue weighted by molar-refractivity contribution is 0.172. The van der Waals surface area contributed by atoms with E-state index in [0.717, 1.165) is 24.0 Å². The van der Waals surface area contributed by atoms with Gasteiger partial charge in [0.1, 0.15) is 0 Å². The number of benzene rings is 4. The Bertz CT molecular complexity index is 1740. The van der Waals surface area contributed by atoms with Gasteiger partial charge in [0.25, 0.3) is 10.0 Å². The van der Waals surface area contributed by atoms with Crippen LogP contribution in [0.4, 0.5) is 0 Å². The van der Waals surface area contributed by atoms with Crippen molar-refractivity contribution in [2.24, 2.45) is 10.3 Å². The van der Waals surface area contributed by atoms with Crippen molar-refractivity contribution in [1.29, 1.82) is 0 Å². The molecule has 0 radical (unpaired) electrons. The summed E-state index contributed by atoms with van der Waals surface area (Å²) in [6.45, 7) is 18.4. The monoisotopic (exact) mass is 621 g/mol. The highest BCUT2D eigenvalue weighted by Gasteiger charge is 2.56. The van der Waals surface area contributed by atoms with Crippen LogP contribution in [0.3, 0.4) is 0 Å². The molecule has 4 aromatic rings. The van der Waals surface area contributed by atoms with E-state index in [4.69, 9.17) is 4.40 Å². The number of aryl methyl sites for hydroxylation is 3. The largest absolute Gasteiger partial charge is 0.282 e. The smallest absolute Gasteiger partial charge is 0.199 e. The highest BCUT2D eigenvalue weighted by atomic mass is 32.2. The summed E-state index contributed by atoms with van der Waals surface area (Å²) in [5.41, 5.74) is 7.45. The molecule has 5 heteroatoms. The van der Waals surface area contributed by atoms with Crippen LogP contribution in [0.2, 0.25) is 25.2 Å². The van der Waals surface area contributed by atoms with Crippen LogP contribution >= 0.6 is 0 Å². The lowest BCUT2D eigenvalue weighted by atomic mass is 9.53. The van der Waals surface area contributed by atoms with Crippen LogP contribution in [0.5, 0.6) is 0 Å². The van der Waals surface area contributed by atoms with Crippen molar-refractivity contribution in [3.8, 4) is 0 Å². The van der Waals surface area contributed by atoms with Crippen LogP contribution in [0, 0.1) is 26.7 Å². The Morgan fingerprint density at radius 2 is 1.18 bits per heavy atom. The molecule has 4 atom stereocenters. The lowest BCUT2D eigenvalue weighted by Gasteiger charge is -2.57. The Hall–Kier alpha value is -3.28. The molecule has 4 aromatic carbocycles. The molecule has 0 saturated heterocycles. The summed E-state index contributed by atoms with van der Waals surface area (Å²) >= 11 is 0. The number of hydrogen-bond acceptors (Lipinski definition) is 2. The SMILES string of the molecule is Cc1ccc([C@]2(C)C[C@H]([Si](C)(C)C)[C@@H](/C(=N/S(=O)(=O)c3ccc(C)cc3)c3ccccc3)[C@@](C)(c3ccc(C)cc3)C2)cc1. The van der Waals surface area contributed by atoms with Crippen molar-refractivity contribution in [1.82, 2.24) is 0 Å². The maximum Gasteiger partial charge on any atom is 0.282 e. The predicted molar refractivity (Wildman–Crippen MR) is 188 cm³/mol. The second-order valence-electron chi connectivity index (χ2n) is 14.7. The average molecular weight is 622 g/mol. The molecule has 0 N–H and O–H groups in total. The highest BCUT2D eigenvalue weighted by Crippen LogP contribution is 2.60. The van der Waals surface area contributed by atoms with E-state index >= 15 is 0 Å². The summed E-state index contributed by atoms with van der Waals surface area (Å²) in [5.74, 6) is -0.0991. The van der Waals surface area contributed by atoms with E-state index in [2.05, 4.69) is 95.9 Å². The molecule has 1 fully saturated rings. The molecule has 0 aromatic heterocycles. The first-order valence-corrected chi connectivity index (χ1v) is 20.8. The van der Waals surface area contributed by atoms with Gasteiger partial charge in [0.15, 0.2) is 0 Å². The van der Waals surface area contributed by atoms with Crippen molar-refractivity contribution in [2.75, 3.05) is 0 Å². The summed E-state index contributed by atoms with van der Waals surface area (Å²) in [6.07, 6.45) is 1.86.